The summed E-state index contributed by atoms with van der Waals surface area (Å²) in [6.45, 7) is 2.25. The van der Waals surface area contributed by atoms with Crippen LogP contribution in [0.1, 0.15) is 122 Å². The highest BCUT2D eigenvalue weighted by molar-refractivity contribution is 5.77. The Labute approximate surface area is 170 Å². The zero-order valence-electron chi connectivity index (χ0n) is 17.7. The van der Waals surface area contributed by atoms with Gasteiger partial charge in [-0.25, -0.2) is 19.4 Å². The molecule has 0 aliphatic heterocycles. The minimum absolute atomic E-state index is 0.213. The van der Waals surface area contributed by atoms with Crippen LogP contribution in [-0.4, -0.2) is 23.0 Å². The number of hydrogen-bond donors (Lipinski definition) is 1. The van der Waals surface area contributed by atoms with Crippen LogP contribution < -0.4 is 0 Å². The lowest BCUT2D eigenvalue weighted by Crippen LogP contribution is -2.12. The lowest BCUT2D eigenvalue weighted by atomic mass is 10.0. The molecule has 0 aromatic heterocycles. The lowest BCUT2D eigenvalue weighted by Gasteiger charge is -2.04. The van der Waals surface area contributed by atoms with E-state index in [0.717, 1.165) is 12.8 Å². The van der Waals surface area contributed by atoms with Gasteiger partial charge in [-0.15, -0.1) is 0 Å². The molecule has 0 unspecified atom stereocenters. The molecule has 0 saturated carbocycles. The van der Waals surface area contributed by atoms with Gasteiger partial charge in [0.05, 0.1) is 19.3 Å². The third-order valence-corrected chi connectivity index (χ3v) is 4.76. The molecule has 1 N–H and O–H groups in total. The quantitative estimate of drug-likeness (QED) is 0.160. The normalized spacial score (nSPS) is 10.6. The first-order chi connectivity index (χ1) is 13.6. The van der Waals surface area contributed by atoms with E-state index >= 15 is 0 Å². The standard InChI is InChI=1S/C22H40O6/c1-2-3-4-5-6-7-8-9-10-11-12-13-14-15-16-17-21(25)27-28-22(26)19-18-20(23)24/h2-19H2,1H3,(H,23,24). The Morgan fingerprint density at radius 3 is 1.29 bits per heavy atom. The largest absolute Gasteiger partial charge is 0.481 e. The van der Waals surface area contributed by atoms with Gasteiger partial charge in [-0.1, -0.05) is 96.8 Å². The molecule has 0 spiro atoms. The van der Waals surface area contributed by atoms with Crippen molar-refractivity contribution in [1.29, 1.82) is 0 Å². The number of rotatable bonds is 19. The molecule has 0 aromatic carbocycles. The fraction of sp³-hybridized carbons (Fsp3) is 0.864. The Bertz CT molecular complexity index is 408. The Hall–Kier alpha value is -1.59. The van der Waals surface area contributed by atoms with Crippen molar-refractivity contribution >= 4 is 17.9 Å². The number of unbranched alkanes of at least 4 members (excludes halogenated alkanes) is 14. The summed E-state index contributed by atoms with van der Waals surface area (Å²) >= 11 is 0. The molecule has 0 atom stereocenters. The predicted molar refractivity (Wildman–Crippen MR) is 109 cm³/mol. The minimum atomic E-state index is -1.10. The van der Waals surface area contributed by atoms with Crippen LogP contribution >= 0.6 is 0 Å². The van der Waals surface area contributed by atoms with E-state index in [2.05, 4.69) is 16.7 Å². The maximum atomic E-state index is 11.4. The summed E-state index contributed by atoms with van der Waals surface area (Å²) in [4.78, 5) is 41.5. The minimum Gasteiger partial charge on any atom is -0.481 e. The molecule has 0 heterocycles. The van der Waals surface area contributed by atoms with Crippen molar-refractivity contribution in [3.8, 4) is 0 Å². The Morgan fingerprint density at radius 1 is 0.536 bits per heavy atom. The molecule has 0 aliphatic rings. The van der Waals surface area contributed by atoms with Gasteiger partial charge in [0.15, 0.2) is 0 Å². The number of hydrogen-bond acceptors (Lipinski definition) is 5. The summed E-state index contributed by atoms with van der Waals surface area (Å²) in [5, 5.41) is 8.43. The average molecular weight is 401 g/mol. The first-order valence-corrected chi connectivity index (χ1v) is 11.2. The summed E-state index contributed by atoms with van der Waals surface area (Å²) in [7, 11) is 0. The molecular weight excluding hydrogens is 360 g/mol. The van der Waals surface area contributed by atoms with Gasteiger partial charge < -0.3 is 5.11 Å². The van der Waals surface area contributed by atoms with Gasteiger partial charge in [0, 0.05) is 0 Å². The second-order valence-corrected chi connectivity index (χ2v) is 7.50. The van der Waals surface area contributed by atoms with Gasteiger partial charge in [0.1, 0.15) is 0 Å². The molecule has 0 aromatic rings. The van der Waals surface area contributed by atoms with Gasteiger partial charge in [-0.2, -0.15) is 0 Å². The van der Waals surface area contributed by atoms with E-state index in [1.165, 1.54) is 77.0 Å². The second kappa shape index (κ2) is 20.2. The van der Waals surface area contributed by atoms with E-state index in [9.17, 15) is 14.4 Å². The SMILES string of the molecule is CCCCCCCCCCCCCCCCCC(=O)OOC(=O)CCC(=O)O. The van der Waals surface area contributed by atoms with Crippen LogP contribution in [0, 0.1) is 0 Å². The van der Waals surface area contributed by atoms with Crippen molar-refractivity contribution in [3.63, 3.8) is 0 Å². The Kier molecular flexibility index (Phi) is 19.0. The zero-order valence-corrected chi connectivity index (χ0v) is 17.7. The maximum absolute atomic E-state index is 11.4. The fourth-order valence-electron chi connectivity index (χ4n) is 3.03. The van der Waals surface area contributed by atoms with Crippen LogP contribution in [-0.2, 0) is 24.2 Å². The van der Waals surface area contributed by atoms with Gasteiger partial charge >= 0.3 is 17.9 Å². The van der Waals surface area contributed by atoms with Crippen LogP contribution in [0.5, 0.6) is 0 Å². The zero-order chi connectivity index (χ0) is 20.9. The van der Waals surface area contributed by atoms with Gasteiger partial charge in [-0.05, 0) is 6.42 Å². The van der Waals surface area contributed by atoms with E-state index in [4.69, 9.17) is 5.11 Å². The van der Waals surface area contributed by atoms with Gasteiger partial charge in [0.2, 0.25) is 0 Å². The second-order valence-electron chi connectivity index (χ2n) is 7.50. The Morgan fingerprint density at radius 2 is 0.893 bits per heavy atom. The number of carboxylic acids is 1. The number of carboxylic acid groups (broad SMARTS) is 1. The van der Waals surface area contributed by atoms with Crippen LogP contribution in [0.25, 0.3) is 0 Å². The first-order valence-electron chi connectivity index (χ1n) is 11.2. The topological polar surface area (TPSA) is 89.9 Å². The molecule has 0 saturated heterocycles. The van der Waals surface area contributed by atoms with Crippen LogP contribution in [0.15, 0.2) is 0 Å². The third kappa shape index (κ3) is 20.7. The summed E-state index contributed by atoms with van der Waals surface area (Å²) in [6.07, 6.45) is 18.4. The number of carbonyl (C=O) groups is 3. The predicted octanol–water partition coefficient (Wildman–Crippen LogP) is 6.11. The molecule has 0 radical (unpaired) electrons. The fourth-order valence-corrected chi connectivity index (χ4v) is 3.03. The monoisotopic (exact) mass is 400 g/mol. The summed E-state index contributed by atoms with van der Waals surface area (Å²) in [5.41, 5.74) is 0. The van der Waals surface area contributed by atoms with E-state index in [1.54, 1.807) is 0 Å². The van der Waals surface area contributed by atoms with Crippen molar-refractivity contribution in [2.45, 2.75) is 122 Å². The molecule has 0 fully saturated rings. The van der Waals surface area contributed by atoms with Gasteiger partial charge in [-0.3, -0.25) is 4.79 Å². The highest BCUT2D eigenvalue weighted by Crippen LogP contribution is 2.13. The van der Waals surface area contributed by atoms with E-state index in [-0.39, 0.29) is 19.3 Å². The van der Waals surface area contributed by atoms with Crippen LogP contribution in [0.3, 0.4) is 0 Å². The molecule has 164 valence electrons. The van der Waals surface area contributed by atoms with Crippen molar-refractivity contribution in [2.75, 3.05) is 0 Å². The van der Waals surface area contributed by atoms with E-state index in [1.807, 2.05) is 0 Å². The molecular formula is C22H40O6. The van der Waals surface area contributed by atoms with E-state index in [0.29, 0.717) is 6.42 Å². The number of carbonyl (C=O) groups excluding carboxylic acids is 2. The Balaban J connectivity index is 3.25. The molecule has 0 amide bonds. The van der Waals surface area contributed by atoms with Gasteiger partial charge in [0.25, 0.3) is 0 Å². The van der Waals surface area contributed by atoms with E-state index < -0.39 is 17.9 Å². The highest BCUT2D eigenvalue weighted by Gasteiger charge is 2.11. The number of aliphatic carboxylic acids is 1. The highest BCUT2D eigenvalue weighted by atomic mass is 17.2. The first kappa shape index (κ1) is 26.4. The van der Waals surface area contributed by atoms with Crippen molar-refractivity contribution in [3.05, 3.63) is 0 Å². The molecule has 6 nitrogen and oxygen atoms in total. The molecule has 0 bridgehead atoms. The molecule has 0 aliphatic carbocycles. The van der Waals surface area contributed by atoms with Crippen LogP contribution in [0.2, 0.25) is 0 Å². The van der Waals surface area contributed by atoms with Crippen molar-refractivity contribution < 1.29 is 29.3 Å². The van der Waals surface area contributed by atoms with Crippen molar-refractivity contribution in [2.24, 2.45) is 0 Å². The average Bonchev–Trinajstić information content (AvgIpc) is 2.67. The summed E-state index contributed by atoms with van der Waals surface area (Å²) in [6, 6.07) is 0. The molecule has 28 heavy (non-hydrogen) atoms. The molecule has 6 heteroatoms. The summed E-state index contributed by atoms with van der Waals surface area (Å²) < 4.78 is 0. The molecule has 0 rings (SSSR count). The smallest absolute Gasteiger partial charge is 0.356 e. The lowest BCUT2D eigenvalue weighted by molar-refractivity contribution is -0.259. The summed E-state index contributed by atoms with van der Waals surface area (Å²) in [5.74, 6) is -2.52. The van der Waals surface area contributed by atoms with Crippen molar-refractivity contribution in [1.82, 2.24) is 0 Å². The maximum Gasteiger partial charge on any atom is 0.356 e. The third-order valence-electron chi connectivity index (χ3n) is 4.76. The van der Waals surface area contributed by atoms with Crippen LogP contribution in [0.4, 0.5) is 0 Å².